The van der Waals surface area contributed by atoms with Crippen molar-refractivity contribution in [3.05, 3.63) is 21.7 Å². The Morgan fingerprint density at radius 1 is 1.46 bits per heavy atom. The highest BCUT2D eigenvalue weighted by Gasteiger charge is 2.10. The molecule has 0 bridgehead atoms. The number of aromatic nitrogens is 1. The van der Waals surface area contributed by atoms with Crippen LogP contribution in [0.4, 0.5) is 6.01 Å². The maximum Gasteiger partial charge on any atom is 0.293 e. The fraction of sp³-hybridized carbons (Fsp3) is 0.222. The van der Waals surface area contributed by atoms with Crippen LogP contribution < -0.4 is 5.73 Å². The van der Waals surface area contributed by atoms with Crippen LogP contribution in [0.5, 0.6) is 0 Å². The Hall–Kier alpha value is -1.03. The second kappa shape index (κ2) is 2.73. The van der Waals surface area contributed by atoms with E-state index in [1.165, 1.54) is 5.56 Å². The van der Waals surface area contributed by atoms with E-state index >= 15 is 0 Å². The highest BCUT2D eigenvalue weighted by atomic mass is 79.9. The summed E-state index contributed by atoms with van der Waals surface area (Å²) in [5.74, 6) is 0. The highest BCUT2D eigenvalue weighted by Crippen LogP contribution is 2.30. The number of hydrogen-bond donors (Lipinski definition) is 1. The third kappa shape index (κ3) is 1.21. The van der Waals surface area contributed by atoms with Crippen LogP contribution in [0, 0.1) is 13.8 Å². The minimum Gasteiger partial charge on any atom is -0.422 e. The van der Waals surface area contributed by atoms with Gasteiger partial charge in [-0.05, 0) is 47.0 Å². The average molecular weight is 241 g/mol. The molecule has 4 heteroatoms. The van der Waals surface area contributed by atoms with Gasteiger partial charge < -0.3 is 10.2 Å². The molecule has 2 N–H and O–H groups in total. The molecule has 0 aliphatic rings. The standard InChI is InChI=1S/C9H9BrN2O/c1-4-3-6-8(7(10)5(4)2)13-9(11)12-6/h3H,1-2H3,(H2,11,12). The molecule has 0 unspecified atom stereocenters. The predicted molar refractivity (Wildman–Crippen MR) is 55.6 cm³/mol. The molecule has 3 nitrogen and oxygen atoms in total. The Labute approximate surface area is 84.1 Å². The Kier molecular flexibility index (Phi) is 1.80. The monoisotopic (exact) mass is 240 g/mol. The smallest absolute Gasteiger partial charge is 0.293 e. The van der Waals surface area contributed by atoms with E-state index in [4.69, 9.17) is 10.2 Å². The molecule has 1 aromatic carbocycles. The van der Waals surface area contributed by atoms with Gasteiger partial charge in [-0.3, -0.25) is 0 Å². The van der Waals surface area contributed by atoms with Crippen LogP contribution in [0.15, 0.2) is 15.0 Å². The molecular formula is C9H9BrN2O. The van der Waals surface area contributed by atoms with Crippen molar-refractivity contribution in [1.82, 2.24) is 4.98 Å². The lowest BCUT2D eigenvalue weighted by molar-refractivity contribution is 0.624. The molecule has 2 aromatic rings. The first kappa shape index (κ1) is 8.56. The second-order valence-electron chi connectivity index (χ2n) is 3.03. The van der Waals surface area contributed by atoms with E-state index in [-0.39, 0.29) is 6.01 Å². The summed E-state index contributed by atoms with van der Waals surface area (Å²) >= 11 is 3.46. The predicted octanol–water partition coefficient (Wildman–Crippen LogP) is 2.79. The van der Waals surface area contributed by atoms with E-state index in [0.717, 1.165) is 21.1 Å². The van der Waals surface area contributed by atoms with Crippen molar-refractivity contribution in [3.8, 4) is 0 Å². The number of fused-ring (bicyclic) bond motifs is 1. The van der Waals surface area contributed by atoms with Crippen LogP contribution in [0.25, 0.3) is 11.1 Å². The van der Waals surface area contributed by atoms with Gasteiger partial charge in [-0.2, -0.15) is 4.98 Å². The minimum atomic E-state index is 0.209. The van der Waals surface area contributed by atoms with E-state index in [0.29, 0.717) is 0 Å². The van der Waals surface area contributed by atoms with E-state index in [1.807, 2.05) is 19.9 Å². The number of oxazole rings is 1. The van der Waals surface area contributed by atoms with Gasteiger partial charge in [-0.15, -0.1) is 0 Å². The molecule has 0 amide bonds. The van der Waals surface area contributed by atoms with E-state index in [9.17, 15) is 0 Å². The van der Waals surface area contributed by atoms with Crippen molar-refractivity contribution < 1.29 is 4.42 Å². The molecule has 0 radical (unpaired) electrons. The van der Waals surface area contributed by atoms with Gasteiger partial charge in [0, 0.05) is 0 Å². The molecule has 0 saturated carbocycles. The van der Waals surface area contributed by atoms with Crippen LogP contribution in [0.2, 0.25) is 0 Å². The molecular weight excluding hydrogens is 232 g/mol. The van der Waals surface area contributed by atoms with Crippen LogP contribution in [-0.2, 0) is 0 Å². The Morgan fingerprint density at radius 3 is 2.85 bits per heavy atom. The first-order valence-corrected chi connectivity index (χ1v) is 4.70. The van der Waals surface area contributed by atoms with Crippen molar-refractivity contribution >= 4 is 33.0 Å². The molecule has 2 rings (SSSR count). The van der Waals surface area contributed by atoms with Crippen molar-refractivity contribution in [2.75, 3.05) is 5.73 Å². The lowest BCUT2D eigenvalue weighted by atomic mass is 10.1. The van der Waals surface area contributed by atoms with Gasteiger partial charge in [0.1, 0.15) is 5.52 Å². The number of rotatable bonds is 0. The number of halogens is 1. The maximum absolute atomic E-state index is 5.46. The zero-order valence-corrected chi connectivity index (χ0v) is 8.97. The summed E-state index contributed by atoms with van der Waals surface area (Å²) < 4.78 is 6.19. The van der Waals surface area contributed by atoms with Gasteiger partial charge in [0.15, 0.2) is 5.58 Å². The molecule has 1 aromatic heterocycles. The molecule has 68 valence electrons. The van der Waals surface area contributed by atoms with Crippen molar-refractivity contribution in [3.63, 3.8) is 0 Å². The van der Waals surface area contributed by atoms with E-state index < -0.39 is 0 Å². The van der Waals surface area contributed by atoms with Crippen LogP contribution in [-0.4, -0.2) is 4.98 Å². The number of anilines is 1. The molecule has 0 aliphatic heterocycles. The molecule has 13 heavy (non-hydrogen) atoms. The second-order valence-corrected chi connectivity index (χ2v) is 3.83. The lowest BCUT2D eigenvalue weighted by Gasteiger charge is -2.01. The highest BCUT2D eigenvalue weighted by molar-refractivity contribution is 9.10. The summed E-state index contributed by atoms with van der Waals surface area (Å²) in [5, 5.41) is 0. The topological polar surface area (TPSA) is 52.0 Å². The summed E-state index contributed by atoms with van der Waals surface area (Å²) in [4.78, 5) is 4.06. The SMILES string of the molecule is Cc1cc2nc(N)oc2c(Br)c1C. The quantitative estimate of drug-likeness (QED) is 0.771. The van der Waals surface area contributed by atoms with Gasteiger partial charge in [-0.1, -0.05) is 0 Å². The van der Waals surface area contributed by atoms with E-state index in [2.05, 4.69) is 20.9 Å². The molecule has 0 fully saturated rings. The molecule has 0 saturated heterocycles. The third-order valence-corrected chi connectivity index (χ3v) is 3.10. The first-order valence-electron chi connectivity index (χ1n) is 3.91. The van der Waals surface area contributed by atoms with E-state index in [1.54, 1.807) is 0 Å². The number of nitrogen functional groups attached to an aromatic ring is 1. The normalized spacial score (nSPS) is 11.0. The number of nitrogens with two attached hydrogens (primary N) is 1. The summed E-state index contributed by atoms with van der Waals surface area (Å²) in [7, 11) is 0. The number of aryl methyl sites for hydroxylation is 1. The summed E-state index contributed by atoms with van der Waals surface area (Å²) in [5.41, 5.74) is 9.31. The van der Waals surface area contributed by atoms with Gasteiger partial charge in [0.2, 0.25) is 0 Å². The zero-order chi connectivity index (χ0) is 9.59. The number of nitrogens with zero attached hydrogens (tertiary/aromatic N) is 1. The number of benzene rings is 1. The average Bonchev–Trinajstić information content (AvgIpc) is 2.42. The fourth-order valence-corrected chi connectivity index (χ4v) is 1.86. The number of hydrogen-bond acceptors (Lipinski definition) is 3. The summed E-state index contributed by atoms with van der Waals surface area (Å²) in [6.45, 7) is 4.06. The Bertz CT molecular complexity index is 476. The Morgan fingerprint density at radius 2 is 2.15 bits per heavy atom. The van der Waals surface area contributed by atoms with Crippen LogP contribution >= 0.6 is 15.9 Å². The van der Waals surface area contributed by atoms with Gasteiger partial charge >= 0.3 is 0 Å². The van der Waals surface area contributed by atoms with Crippen LogP contribution in [0.1, 0.15) is 11.1 Å². The Balaban J connectivity index is 2.92. The van der Waals surface area contributed by atoms with Crippen molar-refractivity contribution in [2.24, 2.45) is 0 Å². The zero-order valence-electron chi connectivity index (χ0n) is 7.39. The van der Waals surface area contributed by atoms with Crippen molar-refractivity contribution in [1.29, 1.82) is 0 Å². The van der Waals surface area contributed by atoms with Crippen LogP contribution in [0.3, 0.4) is 0 Å². The third-order valence-electron chi connectivity index (χ3n) is 2.14. The fourth-order valence-electron chi connectivity index (χ4n) is 1.26. The lowest BCUT2D eigenvalue weighted by Crippen LogP contribution is -1.83. The summed E-state index contributed by atoms with van der Waals surface area (Å²) in [6.07, 6.45) is 0. The molecule has 1 heterocycles. The summed E-state index contributed by atoms with van der Waals surface area (Å²) in [6, 6.07) is 2.18. The molecule has 0 spiro atoms. The van der Waals surface area contributed by atoms with Gasteiger partial charge in [0.05, 0.1) is 4.47 Å². The van der Waals surface area contributed by atoms with Crippen molar-refractivity contribution in [2.45, 2.75) is 13.8 Å². The van der Waals surface area contributed by atoms with Gasteiger partial charge in [0.25, 0.3) is 6.01 Å². The minimum absolute atomic E-state index is 0.209. The largest absolute Gasteiger partial charge is 0.422 e. The molecule has 0 aliphatic carbocycles. The maximum atomic E-state index is 5.46. The first-order chi connectivity index (χ1) is 6.09. The molecule has 0 atom stereocenters. The van der Waals surface area contributed by atoms with Gasteiger partial charge in [-0.25, -0.2) is 0 Å².